The van der Waals surface area contributed by atoms with Gasteiger partial charge in [-0.2, -0.15) is 4.31 Å². The highest BCUT2D eigenvalue weighted by atomic mass is 35.5. The predicted octanol–water partition coefficient (Wildman–Crippen LogP) is 1.97. The summed E-state index contributed by atoms with van der Waals surface area (Å²) in [5.41, 5.74) is 4.64. The Morgan fingerprint density at radius 2 is 1.74 bits per heavy atom. The number of anilines is 1. The van der Waals surface area contributed by atoms with Crippen molar-refractivity contribution in [3.63, 3.8) is 0 Å². The molecule has 0 radical (unpaired) electrons. The summed E-state index contributed by atoms with van der Waals surface area (Å²) in [6.07, 6.45) is 0. The highest BCUT2D eigenvalue weighted by molar-refractivity contribution is 7.89. The second-order valence-corrected chi connectivity index (χ2v) is 7.68. The summed E-state index contributed by atoms with van der Waals surface area (Å²) >= 11 is 11.8. The smallest absolute Gasteiger partial charge is 0.245 e. The standard InChI is InChI=1S/C11H16Cl2N2O3S/c1-11(2,16)6-15(3)19(17,18)10-8(12)4-7(14)5-9(10)13/h4-5,16H,6,14H2,1-3H3. The van der Waals surface area contributed by atoms with Crippen LogP contribution in [0, 0.1) is 0 Å². The lowest BCUT2D eigenvalue weighted by Crippen LogP contribution is -2.39. The molecule has 0 fully saturated rings. The third-order valence-electron chi connectivity index (χ3n) is 2.30. The number of rotatable bonds is 4. The van der Waals surface area contributed by atoms with Gasteiger partial charge in [-0.1, -0.05) is 23.2 Å². The highest BCUT2D eigenvalue weighted by Crippen LogP contribution is 2.33. The van der Waals surface area contributed by atoms with Crippen LogP contribution in [0.1, 0.15) is 13.8 Å². The molecule has 1 aromatic carbocycles. The van der Waals surface area contributed by atoms with E-state index in [9.17, 15) is 13.5 Å². The second-order valence-electron chi connectivity index (χ2n) is 4.89. The molecule has 8 heteroatoms. The summed E-state index contributed by atoms with van der Waals surface area (Å²) in [6, 6.07) is 2.64. The molecule has 0 spiro atoms. The lowest BCUT2D eigenvalue weighted by Gasteiger charge is -2.25. The number of nitrogens with zero attached hydrogens (tertiary/aromatic N) is 1. The fourth-order valence-electron chi connectivity index (χ4n) is 1.61. The fourth-order valence-corrected chi connectivity index (χ4v) is 4.11. The van der Waals surface area contributed by atoms with Gasteiger partial charge in [0, 0.05) is 19.3 Å². The van der Waals surface area contributed by atoms with Crippen molar-refractivity contribution in [3.05, 3.63) is 22.2 Å². The summed E-state index contributed by atoms with van der Waals surface area (Å²) in [5, 5.41) is 9.59. The number of sulfonamides is 1. The van der Waals surface area contributed by atoms with E-state index >= 15 is 0 Å². The number of hydrogen-bond acceptors (Lipinski definition) is 4. The van der Waals surface area contributed by atoms with Crippen LogP contribution >= 0.6 is 23.2 Å². The number of benzene rings is 1. The molecule has 3 N–H and O–H groups in total. The van der Waals surface area contributed by atoms with Gasteiger partial charge >= 0.3 is 0 Å². The van der Waals surface area contributed by atoms with E-state index in [1.165, 1.54) is 33.0 Å². The largest absolute Gasteiger partial charge is 0.399 e. The van der Waals surface area contributed by atoms with E-state index in [0.717, 1.165) is 4.31 Å². The molecule has 19 heavy (non-hydrogen) atoms. The predicted molar refractivity (Wildman–Crippen MR) is 77.0 cm³/mol. The second kappa shape index (κ2) is 5.46. The molecule has 0 heterocycles. The number of aliphatic hydroxyl groups is 1. The van der Waals surface area contributed by atoms with Crippen molar-refractivity contribution < 1.29 is 13.5 Å². The van der Waals surface area contributed by atoms with Gasteiger partial charge in [-0.3, -0.25) is 0 Å². The zero-order valence-corrected chi connectivity index (χ0v) is 13.1. The summed E-state index contributed by atoms with van der Waals surface area (Å²) in [5.74, 6) is 0. The van der Waals surface area contributed by atoms with E-state index in [2.05, 4.69) is 0 Å². The topological polar surface area (TPSA) is 83.6 Å². The number of hydrogen-bond donors (Lipinski definition) is 2. The van der Waals surface area contributed by atoms with E-state index in [4.69, 9.17) is 28.9 Å². The van der Waals surface area contributed by atoms with Crippen LogP contribution in [-0.4, -0.2) is 37.0 Å². The minimum Gasteiger partial charge on any atom is -0.399 e. The minimum atomic E-state index is -3.90. The quantitative estimate of drug-likeness (QED) is 0.828. The molecule has 0 aliphatic rings. The van der Waals surface area contributed by atoms with Crippen molar-refractivity contribution in [1.82, 2.24) is 4.31 Å². The molecule has 108 valence electrons. The number of nitrogen functional groups attached to an aromatic ring is 1. The van der Waals surface area contributed by atoms with E-state index in [0.29, 0.717) is 0 Å². The van der Waals surface area contributed by atoms with Crippen molar-refractivity contribution in [2.75, 3.05) is 19.3 Å². The van der Waals surface area contributed by atoms with Gasteiger partial charge in [0.05, 0.1) is 15.6 Å². The van der Waals surface area contributed by atoms with Crippen LogP contribution in [0.25, 0.3) is 0 Å². The Labute approximate surface area is 123 Å². The van der Waals surface area contributed by atoms with E-state index in [1.54, 1.807) is 0 Å². The zero-order chi connectivity index (χ0) is 15.0. The van der Waals surface area contributed by atoms with Crippen molar-refractivity contribution >= 4 is 38.9 Å². The van der Waals surface area contributed by atoms with Crippen LogP contribution in [0.4, 0.5) is 5.69 Å². The van der Waals surface area contributed by atoms with E-state index in [1.807, 2.05) is 0 Å². The van der Waals surface area contributed by atoms with Crippen LogP contribution in [0.5, 0.6) is 0 Å². The van der Waals surface area contributed by atoms with Gasteiger partial charge in [0.1, 0.15) is 4.90 Å². The monoisotopic (exact) mass is 326 g/mol. The Morgan fingerprint density at radius 1 is 1.32 bits per heavy atom. The first-order valence-electron chi connectivity index (χ1n) is 5.38. The third-order valence-corrected chi connectivity index (χ3v) is 5.02. The van der Waals surface area contributed by atoms with Gasteiger partial charge in [0.2, 0.25) is 10.0 Å². The Balaban J connectivity index is 3.29. The molecule has 0 atom stereocenters. The molecule has 0 unspecified atom stereocenters. The molecule has 1 aromatic rings. The molecule has 0 aromatic heterocycles. The molecule has 0 saturated heterocycles. The van der Waals surface area contributed by atoms with Crippen LogP contribution < -0.4 is 5.73 Å². The summed E-state index contributed by atoms with van der Waals surface area (Å²) in [7, 11) is -2.55. The molecule has 0 aliphatic carbocycles. The Bertz CT molecular complexity index is 559. The average Bonchev–Trinajstić information content (AvgIpc) is 2.11. The van der Waals surface area contributed by atoms with Crippen molar-refractivity contribution in [3.8, 4) is 0 Å². The summed E-state index contributed by atoms with van der Waals surface area (Å²) in [4.78, 5) is -0.211. The molecule has 1 rings (SSSR count). The minimum absolute atomic E-state index is 0.0485. The Morgan fingerprint density at radius 3 is 2.11 bits per heavy atom. The maximum absolute atomic E-state index is 12.4. The lowest BCUT2D eigenvalue weighted by atomic mass is 10.1. The number of halogens is 2. The molecule has 5 nitrogen and oxygen atoms in total. The van der Waals surface area contributed by atoms with Gasteiger partial charge in [0.15, 0.2) is 0 Å². The molecule has 0 saturated carbocycles. The van der Waals surface area contributed by atoms with E-state index < -0.39 is 15.6 Å². The maximum Gasteiger partial charge on any atom is 0.245 e. The van der Waals surface area contributed by atoms with Gasteiger partial charge in [-0.05, 0) is 26.0 Å². The number of likely N-dealkylation sites (N-methyl/N-ethyl adjacent to an activating group) is 1. The molecular formula is C11H16Cl2N2O3S. The van der Waals surface area contributed by atoms with Crippen LogP contribution in [0.15, 0.2) is 17.0 Å². The average molecular weight is 327 g/mol. The van der Waals surface area contributed by atoms with Crippen LogP contribution in [-0.2, 0) is 10.0 Å². The van der Waals surface area contributed by atoms with Gasteiger partial charge < -0.3 is 10.8 Å². The lowest BCUT2D eigenvalue weighted by molar-refractivity contribution is 0.0640. The van der Waals surface area contributed by atoms with Gasteiger partial charge in [0.25, 0.3) is 0 Å². The zero-order valence-electron chi connectivity index (χ0n) is 10.8. The van der Waals surface area contributed by atoms with E-state index in [-0.39, 0.29) is 27.2 Å². The third kappa shape index (κ3) is 3.97. The first-order chi connectivity index (χ1) is 8.45. The Kier molecular flexibility index (Phi) is 4.75. The SMILES string of the molecule is CN(CC(C)(C)O)S(=O)(=O)c1c(Cl)cc(N)cc1Cl. The molecule has 0 bridgehead atoms. The maximum atomic E-state index is 12.4. The van der Waals surface area contributed by atoms with Crippen molar-refractivity contribution in [2.45, 2.75) is 24.3 Å². The summed E-state index contributed by atoms with van der Waals surface area (Å²) in [6.45, 7) is 2.92. The first-order valence-corrected chi connectivity index (χ1v) is 7.58. The normalized spacial score (nSPS) is 13.0. The van der Waals surface area contributed by atoms with Crippen LogP contribution in [0.3, 0.4) is 0 Å². The van der Waals surface area contributed by atoms with Gasteiger partial charge in [-0.25, -0.2) is 8.42 Å². The highest BCUT2D eigenvalue weighted by Gasteiger charge is 2.30. The Hall–Kier alpha value is -0.530. The summed E-state index contributed by atoms with van der Waals surface area (Å²) < 4.78 is 25.7. The van der Waals surface area contributed by atoms with Crippen molar-refractivity contribution in [1.29, 1.82) is 0 Å². The molecule has 0 amide bonds. The van der Waals surface area contributed by atoms with Crippen molar-refractivity contribution in [2.24, 2.45) is 0 Å². The first kappa shape index (κ1) is 16.5. The number of nitrogens with two attached hydrogens (primary N) is 1. The molecular weight excluding hydrogens is 311 g/mol. The molecule has 0 aliphatic heterocycles. The van der Waals surface area contributed by atoms with Crippen LogP contribution in [0.2, 0.25) is 10.0 Å². The van der Waals surface area contributed by atoms with Gasteiger partial charge in [-0.15, -0.1) is 0 Å². The fraction of sp³-hybridized carbons (Fsp3) is 0.455.